The number of nitrogens with one attached hydrogen (secondary N) is 1. The van der Waals surface area contributed by atoms with E-state index in [4.69, 9.17) is 5.73 Å². The van der Waals surface area contributed by atoms with Crippen LogP contribution in [0.1, 0.15) is 26.7 Å². The van der Waals surface area contributed by atoms with Crippen LogP contribution >= 0.6 is 0 Å². The topological polar surface area (TPSA) is 64.4 Å². The average Bonchev–Trinajstić information content (AvgIpc) is 2.39. The maximum Gasteiger partial charge on any atom is 0.387 e. The van der Waals surface area contributed by atoms with Gasteiger partial charge in [-0.25, -0.2) is 0 Å². The van der Waals surface area contributed by atoms with E-state index in [9.17, 15) is 13.6 Å². The molecule has 1 aromatic carbocycles. The van der Waals surface area contributed by atoms with Crippen molar-refractivity contribution in [2.45, 2.75) is 33.3 Å². The summed E-state index contributed by atoms with van der Waals surface area (Å²) in [4.78, 5) is 12.0. The second-order valence-electron chi connectivity index (χ2n) is 5.36. The van der Waals surface area contributed by atoms with Gasteiger partial charge in [0.1, 0.15) is 5.75 Å². The lowest BCUT2D eigenvalue weighted by molar-refractivity contribution is -0.117. The molecule has 0 aliphatic rings. The number of carbonyl (C=O) groups is 1. The van der Waals surface area contributed by atoms with E-state index in [2.05, 4.69) is 23.9 Å². The number of benzene rings is 1. The first-order chi connectivity index (χ1) is 9.92. The fraction of sp³-hybridized carbons (Fsp3) is 0.533. The third kappa shape index (κ3) is 6.53. The molecule has 21 heavy (non-hydrogen) atoms. The number of carbonyl (C=O) groups excluding carboxylic acids is 1. The van der Waals surface area contributed by atoms with E-state index in [1.165, 1.54) is 12.1 Å². The molecule has 6 heteroatoms. The van der Waals surface area contributed by atoms with Gasteiger partial charge in [0, 0.05) is 6.42 Å². The number of hydrogen-bond donors (Lipinski definition) is 2. The van der Waals surface area contributed by atoms with E-state index in [1.807, 2.05) is 0 Å². The van der Waals surface area contributed by atoms with E-state index in [0.717, 1.165) is 6.42 Å². The van der Waals surface area contributed by atoms with Crippen LogP contribution in [0.15, 0.2) is 24.3 Å². The Morgan fingerprint density at radius 3 is 2.57 bits per heavy atom. The minimum absolute atomic E-state index is 0.0472. The molecule has 0 bridgehead atoms. The molecule has 3 N–H and O–H groups in total. The Bertz CT molecular complexity index is 453. The highest BCUT2D eigenvalue weighted by Crippen LogP contribution is 2.26. The Labute approximate surface area is 123 Å². The molecule has 118 valence electrons. The summed E-state index contributed by atoms with van der Waals surface area (Å²) in [5.41, 5.74) is 5.89. The van der Waals surface area contributed by atoms with Crippen molar-refractivity contribution in [1.29, 1.82) is 0 Å². The zero-order chi connectivity index (χ0) is 15.8. The van der Waals surface area contributed by atoms with Crippen molar-refractivity contribution in [2.75, 3.05) is 11.9 Å². The molecule has 0 unspecified atom stereocenters. The summed E-state index contributed by atoms with van der Waals surface area (Å²) >= 11 is 0. The first-order valence-corrected chi connectivity index (χ1v) is 6.96. The SMILES string of the molecule is CC(C)C[C@H](CN)CC(=O)Nc1ccccc1OC(F)F. The first kappa shape index (κ1) is 17.4. The van der Waals surface area contributed by atoms with Crippen molar-refractivity contribution in [3.8, 4) is 5.75 Å². The monoisotopic (exact) mass is 300 g/mol. The van der Waals surface area contributed by atoms with Crippen LogP contribution in [-0.4, -0.2) is 19.1 Å². The van der Waals surface area contributed by atoms with Crippen LogP contribution in [0.4, 0.5) is 14.5 Å². The molecule has 0 radical (unpaired) electrons. The van der Waals surface area contributed by atoms with Gasteiger partial charge in [0.2, 0.25) is 5.91 Å². The third-order valence-electron chi connectivity index (χ3n) is 2.99. The number of alkyl halides is 2. The lowest BCUT2D eigenvalue weighted by Gasteiger charge is -2.17. The van der Waals surface area contributed by atoms with Crippen LogP contribution in [0.2, 0.25) is 0 Å². The Hall–Kier alpha value is -1.69. The van der Waals surface area contributed by atoms with Gasteiger partial charge in [-0.1, -0.05) is 26.0 Å². The highest BCUT2D eigenvalue weighted by Gasteiger charge is 2.16. The zero-order valence-electron chi connectivity index (χ0n) is 12.3. The molecule has 1 rings (SSSR count). The van der Waals surface area contributed by atoms with Gasteiger partial charge in [-0.2, -0.15) is 8.78 Å². The molecule has 0 spiro atoms. The van der Waals surface area contributed by atoms with Crippen molar-refractivity contribution in [3.05, 3.63) is 24.3 Å². The van der Waals surface area contributed by atoms with Crippen molar-refractivity contribution >= 4 is 11.6 Å². The number of rotatable bonds is 8. The molecule has 0 heterocycles. The van der Waals surface area contributed by atoms with Crippen LogP contribution in [-0.2, 0) is 4.79 Å². The molecule has 0 aliphatic heterocycles. The highest BCUT2D eigenvalue weighted by atomic mass is 19.3. The molecular formula is C15H22F2N2O2. The number of amides is 1. The van der Waals surface area contributed by atoms with Crippen LogP contribution < -0.4 is 15.8 Å². The summed E-state index contributed by atoms with van der Waals surface area (Å²) in [6, 6.07) is 6.11. The Balaban J connectivity index is 2.65. The minimum atomic E-state index is -2.93. The fourth-order valence-electron chi connectivity index (χ4n) is 2.16. The minimum Gasteiger partial charge on any atom is -0.433 e. The average molecular weight is 300 g/mol. The molecule has 0 saturated carbocycles. The van der Waals surface area contributed by atoms with E-state index in [0.29, 0.717) is 12.5 Å². The summed E-state index contributed by atoms with van der Waals surface area (Å²) in [6.07, 6.45) is 1.11. The van der Waals surface area contributed by atoms with Crippen molar-refractivity contribution in [3.63, 3.8) is 0 Å². The molecule has 0 fully saturated rings. The lowest BCUT2D eigenvalue weighted by Crippen LogP contribution is -2.23. The van der Waals surface area contributed by atoms with Gasteiger partial charge in [-0.15, -0.1) is 0 Å². The molecule has 1 aromatic rings. The smallest absolute Gasteiger partial charge is 0.387 e. The van der Waals surface area contributed by atoms with Gasteiger partial charge in [0.05, 0.1) is 5.69 Å². The molecule has 0 saturated heterocycles. The lowest BCUT2D eigenvalue weighted by atomic mass is 9.94. The number of hydrogen-bond acceptors (Lipinski definition) is 3. The molecule has 4 nitrogen and oxygen atoms in total. The van der Waals surface area contributed by atoms with Gasteiger partial charge >= 0.3 is 6.61 Å². The van der Waals surface area contributed by atoms with E-state index in [1.54, 1.807) is 12.1 Å². The zero-order valence-corrected chi connectivity index (χ0v) is 12.3. The molecule has 1 atom stereocenters. The quantitative estimate of drug-likeness (QED) is 0.774. The summed E-state index contributed by atoms with van der Waals surface area (Å²) < 4.78 is 29.0. The maximum atomic E-state index is 12.3. The predicted octanol–water partition coefficient (Wildman–Crippen LogP) is 3.24. The highest BCUT2D eigenvalue weighted by molar-refractivity contribution is 5.92. The van der Waals surface area contributed by atoms with Gasteiger partial charge in [0.15, 0.2) is 0 Å². The van der Waals surface area contributed by atoms with Gasteiger partial charge in [0.25, 0.3) is 0 Å². The number of anilines is 1. The van der Waals surface area contributed by atoms with Crippen LogP contribution in [0.5, 0.6) is 5.75 Å². The number of halogens is 2. The Morgan fingerprint density at radius 2 is 2.00 bits per heavy atom. The van der Waals surface area contributed by atoms with Gasteiger partial charge in [-0.3, -0.25) is 4.79 Å². The van der Waals surface area contributed by atoms with Gasteiger partial charge in [-0.05, 0) is 36.9 Å². The largest absolute Gasteiger partial charge is 0.433 e. The van der Waals surface area contributed by atoms with E-state index < -0.39 is 6.61 Å². The number of para-hydroxylation sites is 2. The predicted molar refractivity (Wildman–Crippen MR) is 78.3 cm³/mol. The molecule has 1 amide bonds. The van der Waals surface area contributed by atoms with Crippen LogP contribution in [0, 0.1) is 11.8 Å². The first-order valence-electron chi connectivity index (χ1n) is 6.96. The second kappa shape index (κ2) is 8.56. The Morgan fingerprint density at radius 1 is 1.33 bits per heavy atom. The van der Waals surface area contributed by atoms with E-state index >= 15 is 0 Å². The summed E-state index contributed by atoms with van der Waals surface area (Å²) in [6.45, 7) is 1.61. The summed E-state index contributed by atoms with van der Waals surface area (Å²) in [5.74, 6) is 0.222. The standard InChI is InChI=1S/C15H22F2N2O2/c1-10(2)7-11(9-18)8-14(20)19-12-5-3-4-6-13(12)21-15(16)17/h3-6,10-11,15H,7-9,18H2,1-2H3,(H,19,20)/t11-/m0/s1. The number of ether oxygens (including phenoxy) is 1. The summed E-state index contributed by atoms with van der Waals surface area (Å²) in [7, 11) is 0. The second-order valence-corrected chi connectivity index (χ2v) is 5.36. The Kier molecular flexibility index (Phi) is 7.08. The normalized spacial score (nSPS) is 12.5. The molecule has 0 aromatic heterocycles. The maximum absolute atomic E-state index is 12.3. The number of nitrogens with two attached hydrogens (primary N) is 1. The molecular weight excluding hydrogens is 278 g/mol. The van der Waals surface area contributed by atoms with E-state index in [-0.39, 0.29) is 29.7 Å². The van der Waals surface area contributed by atoms with Crippen LogP contribution in [0.25, 0.3) is 0 Å². The van der Waals surface area contributed by atoms with Crippen LogP contribution in [0.3, 0.4) is 0 Å². The molecule has 0 aliphatic carbocycles. The van der Waals surface area contributed by atoms with Crippen molar-refractivity contribution in [1.82, 2.24) is 0 Å². The van der Waals surface area contributed by atoms with Gasteiger partial charge < -0.3 is 15.8 Å². The fourth-order valence-corrected chi connectivity index (χ4v) is 2.16. The third-order valence-corrected chi connectivity index (χ3v) is 2.99. The van der Waals surface area contributed by atoms with Crippen molar-refractivity contribution in [2.24, 2.45) is 17.6 Å². The van der Waals surface area contributed by atoms with Crippen molar-refractivity contribution < 1.29 is 18.3 Å². The summed E-state index contributed by atoms with van der Waals surface area (Å²) in [5, 5.41) is 2.60.